The molecule has 0 spiro atoms. The number of carboxylic acids is 1. The van der Waals surface area contributed by atoms with Gasteiger partial charge in [0.15, 0.2) is 0 Å². The van der Waals surface area contributed by atoms with Gasteiger partial charge in [0.25, 0.3) is 0 Å². The summed E-state index contributed by atoms with van der Waals surface area (Å²) in [5.41, 5.74) is 1.62. The van der Waals surface area contributed by atoms with Crippen LogP contribution >= 0.6 is 0 Å². The Balaban J connectivity index is 1.85. The monoisotopic (exact) mass is 342 g/mol. The summed E-state index contributed by atoms with van der Waals surface area (Å²) in [6.07, 6.45) is 1.71. The Morgan fingerprint density at radius 3 is 2.64 bits per heavy atom. The summed E-state index contributed by atoms with van der Waals surface area (Å²) in [6, 6.07) is 10.6. The number of nitrogens with zero attached hydrogens (tertiary/aromatic N) is 2. The van der Waals surface area contributed by atoms with Crippen LogP contribution in [0.3, 0.4) is 0 Å². The van der Waals surface area contributed by atoms with Crippen molar-refractivity contribution >= 4 is 17.6 Å². The van der Waals surface area contributed by atoms with E-state index in [-0.39, 0.29) is 24.8 Å². The first-order valence-electron chi connectivity index (χ1n) is 7.87. The molecule has 0 radical (unpaired) electrons. The van der Waals surface area contributed by atoms with Gasteiger partial charge in [-0.15, -0.1) is 0 Å². The van der Waals surface area contributed by atoms with E-state index in [0.717, 1.165) is 17.0 Å². The second-order valence-electron chi connectivity index (χ2n) is 5.64. The predicted molar refractivity (Wildman–Crippen MR) is 89.3 cm³/mol. The molecule has 1 aromatic heterocycles. The number of carboxylic acid groups (broad SMARTS) is 1. The molecular weight excluding hydrogens is 324 g/mol. The molecule has 0 saturated carbocycles. The van der Waals surface area contributed by atoms with Crippen LogP contribution in [0.4, 0.5) is 0 Å². The van der Waals surface area contributed by atoms with Crippen molar-refractivity contribution in [3.8, 4) is 5.75 Å². The highest BCUT2D eigenvalue weighted by Gasteiger charge is 2.34. The largest absolute Gasteiger partial charge is 0.497 e. The highest BCUT2D eigenvalue weighted by atomic mass is 16.5. The highest BCUT2D eigenvalue weighted by Crippen LogP contribution is 2.33. The summed E-state index contributed by atoms with van der Waals surface area (Å²) in [4.78, 5) is 23.2. The topological polar surface area (TPSA) is 92.3 Å². The molecule has 0 saturated heterocycles. The van der Waals surface area contributed by atoms with Crippen molar-refractivity contribution in [2.24, 2.45) is 5.10 Å². The minimum Gasteiger partial charge on any atom is -0.497 e. The van der Waals surface area contributed by atoms with Crippen LogP contribution in [0.5, 0.6) is 5.75 Å². The first-order valence-corrected chi connectivity index (χ1v) is 7.87. The maximum atomic E-state index is 12.4. The molecule has 2 aromatic rings. The number of aliphatic carboxylic acids is 1. The fourth-order valence-corrected chi connectivity index (χ4v) is 2.73. The molecule has 0 aliphatic carbocycles. The number of methoxy groups -OCH3 is 1. The van der Waals surface area contributed by atoms with Crippen molar-refractivity contribution in [1.82, 2.24) is 5.01 Å². The molecule has 1 amide bonds. The maximum Gasteiger partial charge on any atom is 0.303 e. The van der Waals surface area contributed by atoms with Crippen molar-refractivity contribution in [2.45, 2.75) is 25.3 Å². The van der Waals surface area contributed by atoms with Crippen molar-refractivity contribution in [3.63, 3.8) is 0 Å². The van der Waals surface area contributed by atoms with E-state index in [1.165, 1.54) is 5.01 Å². The summed E-state index contributed by atoms with van der Waals surface area (Å²) >= 11 is 0. The van der Waals surface area contributed by atoms with E-state index >= 15 is 0 Å². The van der Waals surface area contributed by atoms with Gasteiger partial charge >= 0.3 is 5.97 Å². The number of benzene rings is 1. The molecule has 1 aliphatic heterocycles. The summed E-state index contributed by atoms with van der Waals surface area (Å²) in [6.45, 7) is 0. The van der Waals surface area contributed by atoms with E-state index in [2.05, 4.69) is 5.10 Å². The molecule has 130 valence electrons. The third-order valence-electron chi connectivity index (χ3n) is 4.01. The fourth-order valence-electron chi connectivity index (χ4n) is 2.73. The number of amides is 1. The second kappa shape index (κ2) is 7.21. The number of rotatable bonds is 6. The van der Waals surface area contributed by atoms with Gasteiger partial charge in [-0.2, -0.15) is 5.10 Å². The van der Waals surface area contributed by atoms with E-state index in [1.54, 1.807) is 25.5 Å². The maximum absolute atomic E-state index is 12.4. The van der Waals surface area contributed by atoms with Crippen LogP contribution in [-0.2, 0) is 9.59 Å². The third-order valence-corrected chi connectivity index (χ3v) is 4.01. The number of hydrogen-bond acceptors (Lipinski definition) is 5. The lowest BCUT2D eigenvalue weighted by molar-refractivity contribution is -0.141. The van der Waals surface area contributed by atoms with E-state index < -0.39 is 5.97 Å². The SMILES string of the molecule is COc1ccc(C2=NN(C(=O)CCC(=O)O)C(c3ccco3)C2)cc1. The van der Waals surface area contributed by atoms with Gasteiger partial charge in [0.1, 0.15) is 17.6 Å². The van der Waals surface area contributed by atoms with Crippen LogP contribution in [0.1, 0.15) is 36.6 Å². The molecule has 1 atom stereocenters. The van der Waals surface area contributed by atoms with Gasteiger partial charge in [-0.05, 0) is 42.0 Å². The Bertz CT molecular complexity index is 780. The Labute approximate surface area is 144 Å². The molecule has 1 aromatic carbocycles. The quantitative estimate of drug-likeness (QED) is 0.871. The summed E-state index contributed by atoms with van der Waals surface area (Å²) in [5.74, 6) is 0.00373. The van der Waals surface area contributed by atoms with E-state index in [4.69, 9.17) is 14.3 Å². The molecule has 7 heteroatoms. The minimum atomic E-state index is -1.01. The zero-order valence-electron chi connectivity index (χ0n) is 13.7. The molecular formula is C18H18N2O5. The molecule has 1 aliphatic rings. The van der Waals surface area contributed by atoms with Crippen LogP contribution < -0.4 is 4.74 Å². The number of carbonyl (C=O) groups is 2. The lowest BCUT2D eigenvalue weighted by atomic mass is 10.0. The molecule has 2 heterocycles. The molecule has 1 unspecified atom stereocenters. The van der Waals surface area contributed by atoms with Crippen LogP contribution in [0, 0.1) is 0 Å². The summed E-state index contributed by atoms with van der Waals surface area (Å²) in [7, 11) is 1.60. The Morgan fingerprint density at radius 1 is 1.28 bits per heavy atom. The van der Waals surface area contributed by atoms with Gasteiger partial charge in [-0.1, -0.05) is 0 Å². The lowest BCUT2D eigenvalue weighted by Crippen LogP contribution is -2.27. The number of hydrazone groups is 1. The van der Waals surface area contributed by atoms with E-state index in [0.29, 0.717) is 12.2 Å². The standard InChI is InChI=1S/C18H18N2O5/c1-24-13-6-4-12(5-7-13)14-11-15(16-3-2-10-25-16)20(19-14)17(21)8-9-18(22)23/h2-7,10,15H,8-9,11H2,1H3,(H,22,23). The summed E-state index contributed by atoms with van der Waals surface area (Å²) < 4.78 is 10.6. The molecule has 0 bridgehead atoms. The van der Waals surface area contributed by atoms with Crippen molar-refractivity contribution in [3.05, 3.63) is 54.0 Å². The van der Waals surface area contributed by atoms with E-state index in [9.17, 15) is 9.59 Å². The number of furan rings is 1. The first-order chi connectivity index (χ1) is 12.1. The Kier molecular flexibility index (Phi) is 4.83. The predicted octanol–water partition coefficient (Wildman–Crippen LogP) is 2.83. The van der Waals surface area contributed by atoms with Gasteiger partial charge in [0.2, 0.25) is 5.91 Å². The van der Waals surface area contributed by atoms with Crippen molar-refractivity contribution in [2.75, 3.05) is 7.11 Å². The first kappa shape index (κ1) is 16.8. The van der Waals surface area contributed by atoms with Gasteiger partial charge in [0.05, 0.1) is 25.5 Å². The molecule has 1 N–H and O–H groups in total. The second-order valence-corrected chi connectivity index (χ2v) is 5.64. The zero-order valence-corrected chi connectivity index (χ0v) is 13.7. The summed E-state index contributed by atoms with van der Waals surface area (Å²) in [5, 5.41) is 14.6. The van der Waals surface area contributed by atoms with Gasteiger partial charge in [-0.25, -0.2) is 5.01 Å². The average Bonchev–Trinajstić information content (AvgIpc) is 3.29. The highest BCUT2D eigenvalue weighted by molar-refractivity contribution is 6.03. The van der Waals surface area contributed by atoms with Crippen molar-refractivity contribution < 1.29 is 23.8 Å². The minimum absolute atomic E-state index is 0.105. The van der Waals surface area contributed by atoms with Gasteiger partial charge < -0.3 is 14.3 Å². The average molecular weight is 342 g/mol. The van der Waals surface area contributed by atoms with Crippen LogP contribution in [0.2, 0.25) is 0 Å². The number of carbonyl (C=O) groups excluding carboxylic acids is 1. The van der Waals surface area contributed by atoms with Crippen LogP contribution in [0.15, 0.2) is 52.2 Å². The van der Waals surface area contributed by atoms with Crippen LogP contribution in [-0.4, -0.2) is 34.8 Å². The van der Waals surface area contributed by atoms with E-state index in [1.807, 2.05) is 24.3 Å². The molecule has 25 heavy (non-hydrogen) atoms. The Hall–Kier alpha value is -3.09. The molecule has 0 fully saturated rings. The number of hydrogen-bond donors (Lipinski definition) is 1. The molecule has 3 rings (SSSR count). The smallest absolute Gasteiger partial charge is 0.303 e. The lowest BCUT2D eigenvalue weighted by Gasteiger charge is -2.19. The van der Waals surface area contributed by atoms with Gasteiger partial charge in [0, 0.05) is 12.8 Å². The fraction of sp³-hybridized carbons (Fsp3) is 0.278. The zero-order chi connectivity index (χ0) is 17.8. The van der Waals surface area contributed by atoms with Gasteiger partial charge in [-0.3, -0.25) is 9.59 Å². The molecule has 7 nitrogen and oxygen atoms in total. The Morgan fingerprint density at radius 2 is 2.04 bits per heavy atom. The normalized spacial score (nSPS) is 16.6. The third kappa shape index (κ3) is 3.71. The number of ether oxygens (including phenoxy) is 1. The van der Waals surface area contributed by atoms with Crippen molar-refractivity contribution in [1.29, 1.82) is 0 Å². The van der Waals surface area contributed by atoms with Crippen LogP contribution in [0.25, 0.3) is 0 Å².